The quantitative estimate of drug-likeness (QED) is 0.842. The molecule has 0 radical (unpaired) electrons. The number of nitrogens with zero attached hydrogens (tertiary/aromatic N) is 2. The van der Waals surface area contributed by atoms with Gasteiger partial charge in [0.25, 0.3) is 5.91 Å². The number of aliphatic hydroxyl groups is 1. The van der Waals surface area contributed by atoms with E-state index in [9.17, 15) is 9.90 Å². The van der Waals surface area contributed by atoms with Crippen LogP contribution in [0.25, 0.3) is 0 Å². The standard InChI is InChI=1S/C13H18N2O2/c1-15(11-2-4-12(16)5-3-11)13(17)10-6-8-14-9-7-10/h6-9,11-12,16H,2-5H2,1H3. The second kappa shape index (κ2) is 5.27. The zero-order valence-electron chi connectivity index (χ0n) is 10.0. The molecule has 92 valence electrons. The summed E-state index contributed by atoms with van der Waals surface area (Å²) in [6.07, 6.45) is 6.42. The van der Waals surface area contributed by atoms with Crippen molar-refractivity contribution in [1.82, 2.24) is 9.88 Å². The van der Waals surface area contributed by atoms with Gasteiger partial charge in [0.2, 0.25) is 0 Å². The van der Waals surface area contributed by atoms with Gasteiger partial charge in [-0.25, -0.2) is 0 Å². The number of pyridine rings is 1. The molecule has 1 aromatic rings. The molecule has 1 aromatic heterocycles. The molecule has 0 spiro atoms. The van der Waals surface area contributed by atoms with Crippen molar-refractivity contribution in [3.63, 3.8) is 0 Å². The maximum absolute atomic E-state index is 12.2. The van der Waals surface area contributed by atoms with Crippen LogP contribution in [-0.2, 0) is 0 Å². The molecule has 4 nitrogen and oxygen atoms in total. The van der Waals surface area contributed by atoms with Crippen molar-refractivity contribution in [2.45, 2.75) is 37.8 Å². The van der Waals surface area contributed by atoms with Crippen LogP contribution in [0.1, 0.15) is 36.0 Å². The molecule has 2 rings (SSSR count). The van der Waals surface area contributed by atoms with E-state index in [0.717, 1.165) is 25.7 Å². The van der Waals surface area contributed by atoms with Gasteiger partial charge in [0.1, 0.15) is 0 Å². The lowest BCUT2D eigenvalue weighted by atomic mass is 9.92. The molecule has 1 saturated carbocycles. The van der Waals surface area contributed by atoms with Crippen LogP contribution < -0.4 is 0 Å². The molecule has 0 unspecified atom stereocenters. The fraction of sp³-hybridized carbons (Fsp3) is 0.538. The number of carbonyl (C=O) groups is 1. The monoisotopic (exact) mass is 234 g/mol. The van der Waals surface area contributed by atoms with Crippen LogP contribution in [-0.4, -0.2) is 40.1 Å². The predicted molar refractivity (Wildman–Crippen MR) is 64.6 cm³/mol. The molecule has 0 aliphatic heterocycles. The number of aliphatic hydroxyl groups excluding tert-OH is 1. The largest absolute Gasteiger partial charge is 0.393 e. The summed E-state index contributed by atoms with van der Waals surface area (Å²) in [5.74, 6) is 0.0359. The van der Waals surface area contributed by atoms with Gasteiger partial charge in [0, 0.05) is 31.0 Å². The Bertz CT molecular complexity index is 372. The first-order valence-corrected chi connectivity index (χ1v) is 6.03. The fourth-order valence-corrected chi connectivity index (χ4v) is 2.31. The van der Waals surface area contributed by atoms with Crippen molar-refractivity contribution in [3.8, 4) is 0 Å². The van der Waals surface area contributed by atoms with E-state index in [-0.39, 0.29) is 18.1 Å². The number of carbonyl (C=O) groups excluding carboxylic acids is 1. The molecule has 1 N–H and O–H groups in total. The van der Waals surface area contributed by atoms with E-state index in [2.05, 4.69) is 4.98 Å². The Morgan fingerprint density at radius 2 is 1.88 bits per heavy atom. The highest BCUT2D eigenvalue weighted by molar-refractivity contribution is 5.94. The van der Waals surface area contributed by atoms with Crippen LogP contribution in [0.5, 0.6) is 0 Å². The van der Waals surface area contributed by atoms with Gasteiger partial charge in [-0.3, -0.25) is 9.78 Å². The number of aromatic nitrogens is 1. The fourth-order valence-electron chi connectivity index (χ4n) is 2.31. The number of amides is 1. The van der Waals surface area contributed by atoms with Crippen molar-refractivity contribution < 1.29 is 9.90 Å². The Labute approximate surface area is 101 Å². The van der Waals surface area contributed by atoms with E-state index in [1.54, 1.807) is 29.4 Å². The summed E-state index contributed by atoms with van der Waals surface area (Å²) in [5, 5.41) is 9.45. The summed E-state index contributed by atoms with van der Waals surface area (Å²) in [6, 6.07) is 3.71. The van der Waals surface area contributed by atoms with Gasteiger partial charge in [-0.15, -0.1) is 0 Å². The summed E-state index contributed by atoms with van der Waals surface area (Å²) in [7, 11) is 1.84. The van der Waals surface area contributed by atoms with Crippen molar-refractivity contribution in [1.29, 1.82) is 0 Å². The third-order valence-corrected chi connectivity index (χ3v) is 3.46. The van der Waals surface area contributed by atoms with E-state index in [1.165, 1.54) is 0 Å². The minimum absolute atomic E-state index is 0.0359. The van der Waals surface area contributed by atoms with E-state index >= 15 is 0 Å². The molecule has 1 aliphatic rings. The molecule has 0 atom stereocenters. The van der Waals surface area contributed by atoms with E-state index in [4.69, 9.17) is 0 Å². The molecule has 1 aliphatic carbocycles. The molecule has 1 fully saturated rings. The second-order valence-corrected chi connectivity index (χ2v) is 4.61. The molecule has 4 heteroatoms. The zero-order chi connectivity index (χ0) is 12.3. The zero-order valence-corrected chi connectivity index (χ0v) is 10.0. The normalized spacial score (nSPS) is 24.4. The van der Waals surface area contributed by atoms with Crippen LogP contribution in [0.15, 0.2) is 24.5 Å². The van der Waals surface area contributed by atoms with Crippen LogP contribution in [0.4, 0.5) is 0 Å². The molecule has 0 aromatic carbocycles. The third-order valence-electron chi connectivity index (χ3n) is 3.46. The lowest BCUT2D eigenvalue weighted by Gasteiger charge is -2.33. The molecular formula is C13H18N2O2. The van der Waals surface area contributed by atoms with E-state index in [1.807, 2.05) is 7.05 Å². The Morgan fingerprint density at radius 3 is 2.47 bits per heavy atom. The third kappa shape index (κ3) is 2.82. The molecule has 0 bridgehead atoms. The first-order valence-electron chi connectivity index (χ1n) is 6.03. The predicted octanol–water partition coefficient (Wildman–Crippen LogP) is 1.46. The van der Waals surface area contributed by atoms with Crippen molar-refractivity contribution in [2.24, 2.45) is 0 Å². The first kappa shape index (κ1) is 12.0. The summed E-state index contributed by atoms with van der Waals surface area (Å²) in [6.45, 7) is 0. The Balaban J connectivity index is 2.00. The highest BCUT2D eigenvalue weighted by Gasteiger charge is 2.25. The van der Waals surface area contributed by atoms with Gasteiger partial charge in [-0.2, -0.15) is 0 Å². The second-order valence-electron chi connectivity index (χ2n) is 4.61. The maximum atomic E-state index is 12.2. The van der Waals surface area contributed by atoms with Crippen LogP contribution in [0.2, 0.25) is 0 Å². The minimum Gasteiger partial charge on any atom is -0.393 e. The van der Waals surface area contributed by atoms with Gasteiger partial charge < -0.3 is 10.0 Å². The van der Waals surface area contributed by atoms with Crippen molar-refractivity contribution >= 4 is 5.91 Å². The van der Waals surface area contributed by atoms with Crippen molar-refractivity contribution in [3.05, 3.63) is 30.1 Å². The molecule has 0 saturated heterocycles. The van der Waals surface area contributed by atoms with Gasteiger partial charge >= 0.3 is 0 Å². The lowest BCUT2D eigenvalue weighted by Crippen LogP contribution is -2.40. The Hall–Kier alpha value is -1.42. The summed E-state index contributed by atoms with van der Waals surface area (Å²) >= 11 is 0. The highest BCUT2D eigenvalue weighted by Crippen LogP contribution is 2.23. The topological polar surface area (TPSA) is 53.4 Å². The smallest absolute Gasteiger partial charge is 0.253 e. The Kier molecular flexibility index (Phi) is 3.74. The van der Waals surface area contributed by atoms with Gasteiger partial charge in [-0.1, -0.05) is 0 Å². The van der Waals surface area contributed by atoms with Crippen LogP contribution in [0.3, 0.4) is 0 Å². The number of hydrogen-bond acceptors (Lipinski definition) is 3. The molecule has 17 heavy (non-hydrogen) atoms. The molecular weight excluding hydrogens is 216 g/mol. The minimum atomic E-state index is -0.185. The first-order chi connectivity index (χ1) is 8.18. The van der Waals surface area contributed by atoms with E-state index in [0.29, 0.717) is 5.56 Å². The molecule has 1 heterocycles. The summed E-state index contributed by atoms with van der Waals surface area (Å²) in [4.78, 5) is 17.9. The van der Waals surface area contributed by atoms with Gasteiger partial charge in [-0.05, 0) is 37.8 Å². The average molecular weight is 234 g/mol. The summed E-state index contributed by atoms with van der Waals surface area (Å²) < 4.78 is 0. The number of rotatable bonds is 2. The van der Waals surface area contributed by atoms with Gasteiger partial charge in [0.15, 0.2) is 0 Å². The Morgan fingerprint density at radius 1 is 1.29 bits per heavy atom. The maximum Gasteiger partial charge on any atom is 0.253 e. The lowest BCUT2D eigenvalue weighted by molar-refractivity contribution is 0.0569. The van der Waals surface area contributed by atoms with Gasteiger partial charge in [0.05, 0.1) is 6.10 Å². The van der Waals surface area contributed by atoms with E-state index < -0.39 is 0 Å². The summed E-state index contributed by atoms with van der Waals surface area (Å²) in [5.41, 5.74) is 0.675. The van der Waals surface area contributed by atoms with Crippen LogP contribution >= 0.6 is 0 Å². The van der Waals surface area contributed by atoms with Crippen molar-refractivity contribution in [2.75, 3.05) is 7.05 Å². The highest BCUT2D eigenvalue weighted by atomic mass is 16.3. The molecule has 1 amide bonds. The number of hydrogen-bond donors (Lipinski definition) is 1. The van der Waals surface area contributed by atoms with Crippen LogP contribution in [0, 0.1) is 0 Å². The average Bonchev–Trinajstić information content (AvgIpc) is 2.39. The SMILES string of the molecule is CN(C(=O)c1ccncc1)C1CCC(O)CC1.